The fraction of sp³-hybridized carbons (Fsp3) is 0.632. The molecule has 0 aromatic heterocycles. The second kappa shape index (κ2) is 9.06. The molecule has 2 N–H and O–H groups in total. The predicted octanol–water partition coefficient (Wildman–Crippen LogP) is 3.63. The minimum atomic E-state index is -0.533. The summed E-state index contributed by atoms with van der Waals surface area (Å²) in [7, 11) is 0. The molecule has 1 saturated carbocycles. The zero-order valence-corrected chi connectivity index (χ0v) is 13.6. The highest BCUT2D eigenvalue weighted by Crippen LogP contribution is 2.24. The summed E-state index contributed by atoms with van der Waals surface area (Å²) in [5.41, 5.74) is 0.914. The number of nitrogens with one attached hydrogen (secondary N) is 1. The molecule has 1 aliphatic rings. The van der Waals surface area contributed by atoms with Crippen LogP contribution in [-0.2, 0) is 4.79 Å². The molecule has 2 unspecified atom stereocenters. The number of Topliss-reactive ketones (excluding diaryl/α,β-unsaturated/α-hetero) is 1. The normalized spacial score (nSPS) is 19.4. The number of benzene rings is 1. The highest BCUT2D eigenvalue weighted by atomic mass is 16.3. The first-order chi connectivity index (χ1) is 10.7. The number of hydrogen-bond acceptors (Lipinski definition) is 3. The molecule has 1 aromatic rings. The average molecular weight is 303 g/mol. The fourth-order valence-corrected chi connectivity index (χ4v) is 3.28. The Bertz CT molecular complexity index is 438. The van der Waals surface area contributed by atoms with E-state index in [4.69, 9.17) is 0 Å². The lowest BCUT2D eigenvalue weighted by Crippen LogP contribution is -2.34. The SMILES string of the molecule is CC(NCCC(=O)C1CCCCCC1)C(O)c1ccccc1. The Labute approximate surface area is 134 Å². The van der Waals surface area contributed by atoms with E-state index in [2.05, 4.69) is 5.32 Å². The summed E-state index contributed by atoms with van der Waals surface area (Å²) in [5, 5.41) is 13.6. The van der Waals surface area contributed by atoms with Crippen LogP contribution >= 0.6 is 0 Å². The number of rotatable bonds is 7. The van der Waals surface area contributed by atoms with E-state index in [0.29, 0.717) is 18.7 Å². The number of hydrogen-bond donors (Lipinski definition) is 2. The molecule has 3 nitrogen and oxygen atoms in total. The van der Waals surface area contributed by atoms with Crippen LogP contribution in [0.2, 0.25) is 0 Å². The van der Waals surface area contributed by atoms with E-state index in [9.17, 15) is 9.90 Å². The largest absolute Gasteiger partial charge is 0.387 e. The summed E-state index contributed by atoms with van der Waals surface area (Å²) >= 11 is 0. The first-order valence-electron chi connectivity index (χ1n) is 8.67. The smallest absolute Gasteiger partial charge is 0.137 e. The van der Waals surface area contributed by atoms with Crippen molar-refractivity contribution < 1.29 is 9.90 Å². The van der Waals surface area contributed by atoms with Crippen molar-refractivity contribution in [3.8, 4) is 0 Å². The highest BCUT2D eigenvalue weighted by Gasteiger charge is 2.20. The lowest BCUT2D eigenvalue weighted by atomic mass is 9.93. The van der Waals surface area contributed by atoms with E-state index in [-0.39, 0.29) is 12.0 Å². The summed E-state index contributed by atoms with van der Waals surface area (Å²) < 4.78 is 0. The Balaban J connectivity index is 1.72. The standard InChI is InChI=1S/C19H29NO2/c1-15(19(22)17-11-7-4-8-12-17)20-14-13-18(21)16-9-5-2-3-6-10-16/h4,7-8,11-12,15-16,19-20,22H,2-3,5-6,9-10,13-14H2,1H3. The lowest BCUT2D eigenvalue weighted by molar-refractivity contribution is -0.123. The van der Waals surface area contributed by atoms with Gasteiger partial charge < -0.3 is 10.4 Å². The van der Waals surface area contributed by atoms with Crippen molar-refractivity contribution in [2.24, 2.45) is 5.92 Å². The molecule has 1 fully saturated rings. The second-order valence-corrected chi connectivity index (χ2v) is 6.50. The van der Waals surface area contributed by atoms with Gasteiger partial charge in [-0.25, -0.2) is 0 Å². The lowest BCUT2D eigenvalue weighted by Gasteiger charge is -2.21. The Morgan fingerprint density at radius 1 is 1.18 bits per heavy atom. The van der Waals surface area contributed by atoms with E-state index in [1.807, 2.05) is 37.3 Å². The zero-order chi connectivity index (χ0) is 15.8. The molecule has 0 heterocycles. The van der Waals surface area contributed by atoms with Crippen LogP contribution in [-0.4, -0.2) is 23.5 Å². The summed E-state index contributed by atoms with van der Waals surface area (Å²) in [4.78, 5) is 12.3. The molecule has 122 valence electrons. The molecule has 0 spiro atoms. The van der Waals surface area contributed by atoms with Crippen molar-refractivity contribution >= 4 is 5.78 Å². The van der Waals surface area contributed by atoms with Crippen molar-refractivity contribution in [3.63, 3.8) is 0 Å². The molecule has 1 aliphatic carbocycles. The van der Waals surface area contributed by atoms with Gasteiger partial charge >= 0.3 is 0 Å². The molecule has 0 saturated heterocycles. The summed E-state index contributed by atoms with van der Waals surface area (Å²) in [5.74, 6) is 0.675. The molecule has 22 heavy (non-hydrogen) atoms. The molecule has 0 radical (unpaired) electrons. The Kier molecular flexibility index (Phi) is 7.07. The van der Waals surface area contributed by atoms with Crippen molar-refractivity contribution in [3.05, 3.63) is 35.9 Å². The third kappa shape index (κ3) is 5.22. The van der Waals surface area contributed by atoms with Gasteiger partial charge in [-0.05, 0) is 25.3 Å². The van der Waals surface area contributed by atoms with E-state index in [1.165, 1.54) is 25.7 Å². The van der Waals surface area contributed by atoms with Crippen LogP contribution in [0.1, 0.15) is 63.5 Å². The minimum absolute atomic E-state index is 0.0515. The van der Waals surface area contributed by atoms with Crippen LogP contribution < -0.4 is 5.32 Å². The topological polar surface area (TPSA) is 49.3 Å². The van der Waals surface area contributed by atoms with Crippen LogP contribution in [0, 0.1) is 5.92 Å². The second-order valence-electron chi connectivity index (χ2n) is 6.50. The minimum Gasteiger partial charge on any atom is -0.387 e. The number of aliphatic hydroxyl groups is 1. The van der Waals surface area contributed by atoms with Crippen molar-refractivity contribution in [1.82, 2.24) is 5.32 Å². The van der Waals surface area contributed by atoms with E-state index in [0.717, 1.165) is 18.4 Å². The van der Waals surface area contributed by atoms with Crippen LogP contribution in [0.15, 0.2) is 30.3 Å². The maximum Gasteiger partial charge on any atom is 0.137 e. The molecular formula is C19H29NO2. The van der Waals surface area contributed by atoms with Gasteiger partial charge in [-0.15, -0.1) is 0 Å². The number of ketones is 1. The van der Waals surface area contributed by atoms with Gasteiger partial charge in [0, 0.05) is 24.9 Å². The van der Waals surface area contributed by atoms with Gasteiger partial charge in [0.2, 0.25) is 0 Å². The first-order valence-corrected chi connectivity index (χ1v) is 8.67. The zero-order valence-electron chi connectivity index (χ0n) is 13.6. The molecule has 2 rings (SSSR count). The van der Waals surface area contributed by atoms with Crippen LogP contribution in [0.3, 0.4) is 0 Å². The maximum atomic E-state index is 12.3. The summed E-state index contributed by atoms with van der Waals surface area (Å²) in [6, 6.07) is 9.62. The van der Waals surface area contributed by atoms with Crippen molar-refractivity contribution in [2.45, 2.75) is 64.0 Å². The Morgan fingerprint density at radius 3 is 2.45 bits per heavy atom. The van der Waals surface area contributed by atoms with Crippen LogP contribution in [0.5, 0.6) is 0 Å². The quantitative estimate of drug-likeness (QED) is 0.756. The maximum absolute atomic E-state index is 12.3. The molecule has 0 aliphatic heterocycles. The van der Waals surface area contributed by atoms with E-state index in [1.54, 1.807) is 0 Å². The highest BCUT2D eigenvalue weighted by molar-refractivity contribution is 5.81. The summed E-state index contributed by atoms with van der Waals surface area (Å²) in [6.45, 7) is 2.62. The van der Waals surface area contributed by atoms with Crippen LogP contribution in [0.25, 0.3) is 0 Å². The molecule has 1 aromatic carbocycles. The van der Waals surface area contributed by atoms with Gasteiger partial charge in [0.15, 0.2) is 0 Å². The van der Waals surface area contributed by atoms with Gasteiger partial charge in [-0.2, -0.15) is 0 Å². The van der Waals surface area contributed by atoms with E-state index >= 15 is 0 Å². The fourth-order valence-electron chi connectivity index (χ4n) is 3.28. The monoisotopic (exact) mass is 303 g/mol. The van der Waals surface area contributed by atoms with Gasteiger partial charge in [0.25, 0.3) is 0 Å². The molecule has 0 amide bonds. The van der Waals surface area contributed by atoms with Gasteiger partial charge in [-0.3, -0.25) is 4.79 Å². The number of aliphatic hydroxyl groups excluding tert-OH is 1. The van der Waals surface area contributed by atoms with E-state index < -0.39 is 6.10 Å². The third-order valence-corrected chi connectivity index (χ3v) is 4.76. The number of carbonyl (C=O) groups excluding carboxylic acids is 1. The molecule has 3 heteroatoms. The molecule has 2 atom stereocenters. The predicted molar refractivity (Wildman–Crippen MR) is 89.7 cm³/mol. The third-order valence-electron chi connectivity index (χ3n) is 4.76. The number of carbonyl (C=O) groups is 1. The summed E-state index contributed by atoms with van der Waals surface area (Å²) in [6.07, 6.45) is 7.15. The van der Waals surface area contributed by atoms with Crippen molar-refractivity contribution in [1.29, 1.82) is 0 Å². The first kappa shape index (κ1) is 17.2. The Hall–Kier alpha value is -1.19. The van der Waals surface area contributed by atoms with Gasteiger partial charge in [0.1, 0.15) is 5.78 Å². The van der Waals surface area contributed by atoms with Crippen LogP contribution in [0.4, 0.5) is 0 Å². The van der Waals surface area contributed by atoms with Gasteiger partial charge in [0.05, 0.1) is 6.10 Å². The van der Waals surface area contributed by atoms with Crippen molar-refractivity contribution in [2.75, 3.05) is 6.54 Å². The van der Waals surface area contributed by atoms with Gasteiger partial charge in [-0.1, -0.05) is 56.0 Å². The molecular weight excluding hydrogens is 274 g/mol. The average Bonchev–Trinajstić information content (AvgIpc) is 2.84. The Morgan fingerprint density at radius 2 is 1.82 bits per heavy atom. The molecule has 0 bridgehead atoms.